The van der Waals surface area contributed by atoms with Gasteiger partial charge in [0.05, 0.1) is 17.5 Å². The maximum absolute atomic E-state index is 14.9. The van der Waals surface area contributed by atoms with Gasteiger partial charge in [-0.2, -0.15) is 0 Å². The number of rotatable bonds is 4. The monoisotopic (exact) mass is 406 g/mol. The molecule has 0 aliphatic heterocycles. The van der Waals surface area contributed by atoms with Crippen molar-refractivity contribution in [1.82, 2.24) is 9.38 Å². The molecule has 0 unspecified atom stereocenters. The average molecular weight is 406 g/mol. The highest BCUT2D eigenvalue weighted by atomic mass is 19.1. The lowest BCUT2D eigenvalue weighted by atomic mass is 9.98. The first-order valence-electron chi connectivity index (χ1n) is 9.46. The zero-order chi connectivity index (χ0) is 21.6. The van der Waals surface area contributed by atoms with Crippen LogP contribution in [0.2, 0.25) is 0 Å². The lowest BCUT2D eigenvalue weighted by Crippen LogP contribution is -2.18. The molecule has 0 fully saturated rings. The van der Waals surface area contributed by atoms with Crippen molar-refractivity contribution >= 4 is 11.4 Å². The fourth-order valence-electron chi connectivity index (χ4n) is 3.51. The van der Waals surface area contributed by atoms with Crippen LogP contribution < -0.4 is 0 Å². The molecule has 0 bridgehead atoms. The van der Waals surface area contributed by atoms with Crippen LogP contribution in [-0.2, 0) is 5.60 Å². The van der Waals surface area contributed by atoms with Crippen LogP contribution in [0.15, 0.2) is 60.9 Å². The van der Waals surface area contributed by atoms with E-state index in [2.05, 4.69) is 4.98 Å². The minimum Gasteiger partial charge on any atom is -0.386 e. The Bertz CT molecular complexity index is 1290. The highest BCUT2D eigenvalue weighted by molar-refractivity contribution is 5.95. The Balaban J connectivity index is 1.86. The molecule has 0 spiro atoms. The molecule has 1 N–H and O–H groups in total. The van der Waals surface area contributed by atoms with Crippen molar-refractivity contribution in [3.05, 3.63) is 83.7 Å². The number of carbonyl (C=O) groups excluding carboxylic acids is 1. The second kappa shape index (κ2) is 7.15. The van der Waals surface area contributed by atoms with Gasteiger partial charge in [0, 0.05) is 28.5 Å². The van der Waals surface area contributed by atoms with Crippen LogP contribution in [0.5, 0.6) is 0 Å². The van der Waals surface area contributed by atoms with Crippen LogP contribution >= 0.6 is 0 Å². The number of nitrogens with zero attached hydrogens (tertiary/aromatic N) is 2. The van der Waals surface area contributed by atoms with E-state index >= 15 is 0 Å². The minimum absolute atomic E-state index is 0.0778. The zero-order valence-corrected chi connectivity index (χ0v) is 16.8. The number of Topliss-reactive ketones (excluding diaryl/α,β-unsaturated/α-hetero) is 1. The van der Waals surface area contributed by atoms with E-state index in [1.54, 1.807) is 47.0 Å². The SMILES string of the molecule is CC(=O)c1cccc(-c2cc(-c3cnc4c(F)c(C(C)(C)O)ccn34)ccc2F)c1. The van der Waals surface area contributed by atoms with Gasteiger partial charge in [-0.1, -0.05) is 18.2 Å². The Labute approximate surface area is 172 Å². The minimum atomic E-state index is -1.34. The van der Waals surface area contributed by atoms with Crippen molar-refractivity contribution in [2.24, 2.45) is 0 Å². The van der Waals surface area contributed by atoms with E-state index in [0.717, 1.165) is 0 Å². The van der Waals surface area contributed by atoms with Crippen molar-refractivity contribution in [2.45, 2.75) is 26.4 Å². The first-order chi connectivity index (χ1) is 14.2. The number of aliphatic hydroxyl groups is 1. The number of pyridine rings is 1. The van der Waals surface area contributed by atoms with Gasteiger partial charge in [-0.15, -0.1) is 0 Å². The predicted octanol–water partition coefficient (Wildman–Crippen LogP) is 5.38. The van der Waals surface area contributed by atoms with Crippen LogP contribution in [0.1, 0.15) is 36.7 Å². The van der Waals surface area contributed by atoms with Crippen LogP contribution in [-0.4, -0.2) is 20.3 Å². The summed E-state index contributed by atoms with van der Waals surface area (Å²) in [5, 5.41) is 10.2. The Hall–Kier alpha value is -3.38. The smallest absolute Gasteiger partial charge is 0.174 e. The third-order valence-corrected chi connectivity index (χ3v) is 5.12. The molecular formula is C24H20F2N2O2. The molecule has 6 heteroatoms. The average Bonchev–Trinajstić information content (AvgIpc) is 3.13. The van der Waals surface area contributed by atoms with Gasteiger partial charge < -0.3 is 5.11 Å². The van der Waals surface area contributed by atoms with Gasteiger partial charge in [-0.25, -0.2) is 13.8 Å². The largest absolute Gasteiger partial charge is 0.386 e. The number of ketones is 1. The first kappa shape index (κ1) is 19.9. The zero-order valence-electron chi connectivity index (χ0n) is 16.8. The number of aromatic nitrogens is 2. The van der Waals surface area contributed by atoms with Crippen LogP contribution in [0.3, 0.4) is 0 Å². The molecule has 0 saturated heterocycles. The molecule has 0 aliphatic carbocycles. The van der Waals surface area contributed by atoms with Crippen LogP contribution in [0.25, 0.3) is 28.0 Å². The fourth-order valence-corrected chi connectivity index (χ4v) is 3.51. The summed E-state index contributed by atoms with van der Waals surface area (Å²) < 4.78 is 31.0. The number of halogens is 2. The second-order valence-electron chi connectivity index (χ2n) is 7.77. The van der Waals surface area contributed by atoms with Gasteiger partial charge in [-0.3, -0.25) is 9.20 Å². The molecule has 2 aromatic carbocycles. The summed E-state index contributed by atoms with van der Waals surface area (Å²) in [6.07, 6.45) is 3.14. The molecular weight excluding hydrogens is 386 g/mol. The molecule has 0 amide bonds. The van der Waals surface area contributed by atoms with E-state index in [1.807, 2.05) is 0 Å². The Kier molecular flexibility index (Phi) is 4.74. The standard InChI is InChI=1S/C24H20F2N2O2/c1-14(29)15-5-4-6-16(11-15)18-12-17(7-8-20(18)25)21-13-27-23-22(26)19(24(2,3)30)9-10-28(21)23/h4-13,30H,1-3H3. The summed E-state index contributed by atoms with van der Waals surface area (Å²) in [6.45, 7) is 4.47. The highest BCUT2D eigenvalue weighted by Crippen LogP contribution is 2.32. The van der Waals surface area contributed by atoms with Gasteiger partial charge in [0.1, 0.15) is 5.82 Å². The third-order valence-electron chi connectivity index (χ3n) is 5.12. The third kappa shape index (κ3) is 3.39. The van der Waals surface area contributed by atoms with Crippen molar-refractivity contribution < 1.29 is 18.7 Å². The molecule has 0 saturated carbocycles. The molecule has 2 aromatic heterocycles. The molecule has 4 aromatic rings. The summed E-state index contributed by atoms with van der Waals surface area (Å²) in [5.74, 6) is -1.13. The Morgan fingerprint density at radius 1 is 1.07 bits per heavy atom. The highest BCUT2D eigenvalue weighted by Gasteiger charge is 2.24. The summed E-state index contributed by atoms with van der Waals surface area (Å²) in [4.78, 5) is 15.9. The quantitative estimate of drug-likeness (QED) is 0.463. The van der Waals surface area contributed by atoms with E-state index < -0.39 is 17.2 Å². The van der Waals surface area contributed by atoms with Crippen LogP contribution in [0, 0.1) is 11.6 Å². The molecule has 0 aliphatic rings. The van der Waals surface area contributed by atoms with Crippen molar-refractivity contribution in [3.63, 3.8) is 0 Å². The van der Waals surface area contributed by atoms with E-state index in [1.165, 1.54) is 39.1 Å². The normalized spacial score (nSPS) is 11.8. The maximum atomic E-state index is 14.9. The number of carbonyl (C=O) groups is 1. The lowest BCUT2D eigenvalue weighted by Gasteiger charge is -2.18. The summed E-state index contributed by atoms with van der Waals surface area (Å²) in [5.41, 5.74) is 1.50. The van der Waals surface area contributed by atoms with Crippen LogP contribution in [0.4, 0.5) is 8.78 Å². The van der Waals surface area contributed by atoms with Crippen molar-refractivity contribution in [2.75, 3.05) is 0 Å². The predicted molar refractivity (Wildman–Crippen MR) is 111 cm³/mol. The van der Waals surface area contributed by atoms with Gasteiger partial charge in [0.25, 0.3) is 0 Å². The Morgan fingerprint density at radius 3 is 2.53 bits per heavy atom. The number of fused-ring (bicyclic) bond motifs is 1. The van der Waals surface area contributed by atoms with Gasteiger partial charge in [0.2, 0.25) is 0 Å². The number of hydrogen-bond donors (Lipinski definition) is 1. The topological polar surface area (TPSA) is 54.6 Å². The fraction of sp³-hybridized carbons (Fsp3) is 0.167. The molecule has 4 rings (SSSR count). The van der Waals surface area contributed by atoms with Gasteiger partial charge >= 0.3 is 0 Å². The van der Waals surface area contributed by atoms with E-state index in [0.29, 0.717) is 27.9 Å². The summed E-state index contributed by atoms with van der Waals surface area (Å²) in [6, 6.07) is 12.9. The second-order valence-corrected chi connectivity index (χ2v) is 7.77. The van der Waals surface area contributed by atoms with Gasteiger partial charge in [-0.05, 0) is 56.7 Å². The van der Waals surface area contributed by atoms with E-state index in [-0.39, 0.29) is 17.0 Å². The van der Waals surface area contributed by atoms with Crippen molar-refractivity contribution in [3.8, 4) is 22.4 Å². The number of benzene rings is 2. The van der Waals surface area contributed by atoms with E-state index in [9.17, 15) is 18.7 Å². The molecule has 2 heterocycles. The number of imidazole rings is 1. The molecule has 152 valence electrons. The lowest BCUT2D eigenvalue weighted by molar-refractivity contribution is 0.0746. The van der Waals surface area contributed by atoms with E-state index in [4.69, 9.17) is 0 Å². The first-order valence-corrected chi connectivity index (χ1v) is 9.46. The summed E-state index contributed by atoms with van der Waals surface area (Å²) in [7, 11) is 0. The maximum Gasteiger partial charge on any atom is 0.174 e. The number of hydrogen-bond acceptors (Lipinski definition) is 3. The van der Waals surface area contributed by atoms with Crippen molar-refractivity contribution in [1.29, 1.82) is 0 Å². The summed E-state index contributed by atoms with van der Waals surface area (Å²) >= 11 is 0. The van der Waals surface area contributed by atoms with Gasteiger partial charge in [0.15, 0.2) is 17.2 Å². The molecule has 4 nitrogen and oxygen atoms in total. The molecule has 0 radical (unpaired) electrons. The molecule has 0 atom stereocenters. The Morgan fingerprint density at radius 2 is 1.83 bits per heavy atom. The molecule has 30 heavy (non-hydrogen) atoms.